The van der Waals surface area contributed by atoms with E-state index in [1.807, 2.05) is 12.1 Å². The van der Waals surface area contributed by atoms with Gasteiger partial charge in [-0.2, -0.15) is 0 Å². The van der Waals surface area contributed by atoms with Crippen LogP contribution in [0.1, 0.15) is 41.4 Å². The van der Waals surface area contributed by atoms with Gasteiger partial charge in [0.2, 0.25) is 0 Å². The van der Waals surface area contributed by atoms with Crippen molar-refractivity contribution in [2.75, 3.05) is 24.0 Å². The van der Waals surface area contributed by atoms with E-state index in [4.69, 9.17) is 9.47 Å². The van der Waals surface area contributed by atoms with Crippen molar-refractivity contribution in [2.24, 2.45) is 0 Å². The van der Waals surface area contributed by atoms with E-state index in [2.05, 4.69) is 0 Å². The summed E-state index contributed by atoms with van der Waals surface area (Å²) < 4.78 is 10.9. The van der Waals surface area contributed by atoms with Crippen LogP contribution in [0.3, 0.4) is 0 Å². The zero-order valence-electron chi connectivity index (χ0n) is 21.4. The van der Waals surface area contributed by atoms with Crippen LogP contribution in [0.15, 0.2) is 84.9 Å². The summed E-state index contributed by atoms with van der Waals surface area (Å²) in [5, 5.41) is 2.48. The number of methoxy groups -OCH3 is 2. The summed E-state index contributed by atoms with van der Waals surface area (Å²) in [7, 11) is 3.08. The molecule has 0 N–H and O–H groups in total. The number of anilines is 2. The van der Waals surface area contributed by atoms with Crippen molar-refractivity contribution in [1.82, 2.24) is 0 Å². The summed E-state index contributed by atoms with van der Waals surface area (Å²) in [5.41, 5.74) is 2.18. The molecule has 40 heavy (non-hydrogen) atoms. The van der Waals surface area contributed by atoms with Gasteiger partial charge in [0, 0.05) is 43.8 Å². The molecule has 7 rings (SSSR count). The SMILES string of the molecule is COc1ccc2c3c(cccc13)C(=O)N(c1ccc(N3C(=O)c4cccc5c(OC)ccc(c45)C3=O)cc1)C2=O. The van der Waals surface area contributed by atoms with E-state index < -0.39 is 23.6 Å². The average molecular weight is 529 g/mol. The number of rotatable bonds is 4. The van der Waals surface area contributed by atoms with E-state index in [-0.39, 0.29) is 0 Å². The molecule has 0 saturated carbocycles. The van der Waals surface area contributed by atoms with Crippen LogP contribution in [-0.4, -0.2) is 37.8 Å². The van der Waals surface area contributed by atoms with Gasteiger partial charge in [-0.05, 0) is 60.7 Å². The predicted octanol–water partition coefficient (Wildman–Crippen LogP) is 5.61. The third kappa shape index (κ3) is 3.07. The molecule has 8 nitrogen and oxygen atoms in total. The van der Waals surface area contributed by atoms with Gasteiger partial charge in [-0.25, -0.2) is 9.80 Å². The monoisotopic (exact) mass is 528 g/mol. The Morgan fingerprint density at radius 3 is 1.15 bits per heavy atom. The average Bonchev–Trinajstić information content (AvgIpc) is 2.99. The Hall–Kier alpha value is -5.50. The summed E-state index contributed by atoms with van der Waals surface area (Å²) in [6.07, 6.45) is 0. The Labute approximate surface area is 227 Å². The molecule has 4 amide bonds. The highest BCUT2D eigenvalue weighted by Gasteiger charge is 2.37. The number of nitrogens with zero attached hydrogens (tertiary/aromatic N) is 2. The van der Waals surface area contributed by atoms with Crippen molar-refractivity contribution in [3.05, 3.63) is 107 Å². The molecular weight excluding hydrogens is 508 g/mol. The zero-order chi connectivity index (χ0) is 27.7. The number of hydrogen-bond acceptors (Lipinski definition) is 6. The van der Waals surface area contributed by atoms with Gasteiger partial charge in [-0.15, -0.1) is 0 Å². The van der Waals surface area contributed by atoms with Crippen LogP contribution < -0.4 is 19.3 Å². The first-order valence-electron chi connectivity index (χ1n) is 12.5. The molecule has 2 aliphatic heterocycles. The number of imide groups is 2. The molecule has 2 aliphatic rings. The van der Waals surface area contributed by atoms with Crippen LogP contribution in [-0.2, 0) is 0 Å². The topological polar surface area (TPSA) is 93.2 Å². The van der Waals surface area contributed by atoms with Crippen molar-refractivity contribution < 1.29 is 28.7 Å². The van der Waals surface area contributed by atoms with Crippen molar-refractivity contribution >= 4 is 56.5 Å². The van der Waals surface area contributed by atoms with Crippen LogP contribution in [0, 0.1) is 0 Å². The van der Waals surface area contributed by atoms with Gasteiger partial charge in [0.25, 0.3) is 23.6 Å². The zero-order valence-corrected chi connectivity index (χ0v) is 21.4. The lowest BCUT2D eigenvalue weighted by Gasteiger charge is -2.29. The van der Waals surface area contributed by atoms with Gasteiger partial charge in [0.15, 0.2) is 0 Å². The number of hydrogen-bond donors (Lipinski definition) is 0. The standard InChI is InChI=1S/C32H20N2O6/c1-39-25-15-13-23-27-19(25)5-3-7-21(27)29(35)33(31(23)37)17-9-11-18(12-10-17)34-30(36)22-8-4-6-20-26(40-2)16-14-24(28(20)22)32(34)38/h3-16H,1-2H3. The number of ether oxygens (including phenoxy) is 2. The van der Waals surface area contributed by atoms with Gasteiger partial charge in [-0.1, -0.05) is 24.3 Å². The van der Waals surface area contributed by atoms with Crippen LogP contribution in [0.5, 0.6) is 11.5 Å². The Morgan fingerprint density at radius 1 is 0.450 bits per heavy atom. The minimum absolute atomic E-state index is 0.321. The second kappa shape index (κ2) is 8.51. The Bertz CT molecular complexity index is 1770. The second-order valence-corrected chi connectivity index (χ2v) is 9.49. The van der Waals surface area contributed by atoms with Gasteiger partial charge < -0.3 is 9.47 Å². The lowest BCUT2D eigenvalue weighted by molar-refractivity contribution is 0.0876. The van der Waals surface area contributed by atoms with Crippen LogP contribution in [0.25, 0.3) is 21.5 Å². The van der Waals surface area contributed by atoms with Gasteiger partial charge in [0.05, 0.1) is 25.6 Å². The largest absolute Gasteiger partial charge is 0.496 e. The van der Waals surface area contributed by atoms with E-state index in [0.717, 1.165) is 9.80 Å². The number of amides is 4. The normalized spacial score (nSPS) is 14.3. The molecule has 0 aromatic heterocycles. The smallest absolute Gasteiger partial charge is 0.265 e. The fraction of sp³-hybridized carbons (Fsp3) is 0.0625. The Morgan fingerprint density at radius 2 is 0.800 bits per heavy atom. The van der Waals surface area contributed by atoms with Gasteiger partial charge in [0.1, 0.15) is 11.5 Å². The third-order valence-corrected chi connectivity index (χ3v) is 7.54. The van der Waals surface area contributed by atoms with Crippen LogP contribution >= 0.6 is 0 Å². The maximum absolute atomic E-state index is 13.5. The second-order valence-electron chi connectivity index (χ2n) is 9.49. The number of benzene rings is 5. The maximum atomic E-state index is 13.5. The fourth-order valence-corrected chi connectivity index (χ4v) is 5.71. The van der Waals surface area contributed by atoms with Crippen LogP contribution in [0.2, 0.25) is 0 Å². The van der Waals surface area contributed by atoms with Crippen molar-refractivity contribution in [1.29, 1.82) is 0 Å². The van der Waals surface area contributed by atoms with E-state index in [9.17, 15) is 19.2 Å². The molecule has 0 saturated heterocycles. The first kappa shape index (κ1) is 23.6. The van der Waals surface area contributed by atoms with E-state index >= 15 is 0 Å². The van der Waals surface area contributed by atoms with E-state index in [1.54, 1.807) is 72.8 Å². The summed E-state index contributed by atoms with van der Waals surface area (Å²) >= 11 is 0. The summed E-state index contributed by atoms with van der Waals surface area (Å²) in [4.78, 5) is 56.4. The molecule has 8 heteroatoms. The molecule has 194 valence electrons. The minimum atomic E-state index is -0.469. The molecule has 0 radical (unpaired) electrons. The molecule has 0 bridgehead atoms. The lowest BCUT2D eigenvalue weighted by atomic mass is 9.92. The minimum Gasteiger partial charge on any atom is -0.496 e. The highest BCUT2D eigenvalue weighted by molar-refractivity contribution is 6.37. The number of carbonyl (C=O) groups is 4. The molecule has 0 spiro atoms. The summed E-state index contributed by atoms with van der Waals surface area (Å²) in [5.74, 6) is -0.726. The molecular formula is C32H20N2O6. The Balaban J connectivity index is 1.28. The first-order chi connectivity index (χ1) is 19.4. The van der Waals surface area contributed by atoms with Crippen LogP contribution in [0.4, 0.5) is 11.4 Å². The lowest BCUT2D eigenvalue weighted by Crippen LogP contribution is -2.41. The van der Waals surface area contributed by atoms with E-state index in [0.29, 0.717) is 66.7 Å². The molecule has 0 aliphatic carbocycles. The summed E-state index contributed by atoms with van der Waals surface area (Å²) in [6.45, 7) is 0. The maximum Gasteiger partial charge on any atom is 0.265 e. The number of carbonyl (C=O) groups excluding carboxylic acids is 4. The first-order valence-corrected chi connectivity index (χ1v) is 12.5. The fourth-order valence-electron chi connectivity index (χ4n) is 5.71. The predicted molar refractivity (Wildman–Crippen MR) is 150 cm³/mol. The molecule has 2 heterocycles. The Kier molecular flexibility index (Phi) is 5.02. The summed E-state index contributed by atoms with van der Waals surface area (Å²) in [6, 6.07) is 23.4. The molecule has 0 unspecified atom stereocenters. The molecule has 0 atom stereocenters. The quantitative estimate of drug-likeness (QED) is 0.282. The molecule has 5 aromatic rings. The van der Waals surface area contributed by atoms with Gasteiger partial charge in [-0.3, -0.25) is 19.2 Å². The third-order valence-electron chi connectivity index (χ3n) is 7.54. The molecule has 5 aromatic carbocycles. The van der Waals surface area contributed by atoms with Crippen molar-refractivity contribution in [2.45, 2.75) is 0 Å². The highest BCUT2D eigenvalue weighted by Crippen LogP contribution is 2.39. The molecule has 0 fully saturated rings. The highest BCUT2D eigenvalue weighted by atomic mass is 16.5. The van der Waals surface area contributed by atoms with Gasteiger partial charge >= 0.3 is 0 Å². The van der Waals surface area contributed by atoms with Crippen molar-refractivity contribution in [3.8, 4) is 11.5 Å². The van der Waals surface area contributed by atoms with Crippen molar-refractivity contribution in [3.63, 3.8) is 0 Å². The van der Waals surface area contributed by atoms with E-state index in [1.165, 1.54) is 14.2 Å².